The Morgan fingerprint density at radius 2 is 2.46 bits per heavy atom. The number of hydrogen-bond donors (Lipinski definition) is 2. The van der Waals surface area contributed by atoms with E-state index < -0.39 is 12.6 Å². The van der Waals surface area contributed by atoms with Crippen molar-refractivity contribution in [3.63, 3.8) is 0 Å². The molecule has 4 nitrogen and oxygen atoms in total. The third-order valence-corrected chi connectivity index (χ3v) is 1.46. The van der Waals surface area contributed by atoms with Gasteiger partial charge in [-0.3, -0.25) is 4.98 Å². The molecule has 5 heteroatoms. The van der Waals surface area contributed by atoms with Crippen LogP contribution in [0.4, 0.5) is 10.1 Å². The zero-order valence-electron chi connectivity index (χ0n) is 6.83. The van der Waals surface area contributed by atoms with Crippen molar-refractivity contribution in [1.82, 2.24) is 4.98 Å². The summed E-state index contributed by atoms with van der Waals surface area (Å²) in [7, 11) is 0. The second kappa shape index (κ2) is 4.39. The van der Waals surface area contributed by atoms with Gasteiger partial charge in [0.15, 0.2) is 0 Å². The second-order valence-electron chi connectivity index (χ2n) is 2.34. The Morgan fingerprint density at radius 1 is 1.69 bits per heavy atom. The van der Waals surface area contributed by atoms with Crippen LogP contribution in [-0.4, -0.2) is 29.3 Å². The smallest absolute Gasteiger partial charge is 0.339 e. The van der Waals surface area contributed by atoms with Gasteiger partial charge in [0.2, 0.25) is 0 Å². The van der Waals surface area contributed by atoms with E-state index in [0.29, 0.717) is 5.69 Å². The van der Waals surface area contributed by atoms with Crippen molar-refractivity contribution < 1.29 is 14.3 Å². The lowest BCUT2D eigenvalue weighted by atomic mass is 10.2. The Labute approximate surface area is 74.4 Å². The molecule has 0 aliphatic carbocycles. The maximum atomic E-state index is 11.8. The Hall–Kier alpha value is -1.65. The highest BCUT2D eigenvalue weighted by molar-refractivity contribution is 5.93. The van der Waals surface area contributed by atoms with Gasteiger partial charge < -0.3 is 10.4 Å². The fourth-order valence-corrected chi connectivity index (χ4v) is 0.901. The normalized spacial score (nSPS) is 9.62. The highest BCUT2D eigenvalue weighted by atomic mass is 19.1. The predicted octanol–water partition coefficient (Wildman–Crippen LogP) is 1.16. The third kappa shape index (κ3) is 2.40. The summed E-state index contributed by atoms with van der Waals surface area (Å²) in [6.45, 7) is -0.439. The number of halogens is 1. The van der Waals surface area contributed by atoms with E-state index in [1.54, 1.807) is 0 Å². The molecule has 0 aromatic carbocycles. The molecule has 0 bridgehead atoms. The molecule has 0 amide bonds. The number of alkyl halides is 1. The first-order valence-electron chi connectivity index (χ1n) is 3.73. The van der Waals surface area contributed by atoms with Crippen LogP contribution in [0.25, 0.3) is 0 Å². The molecule has 1 aromatic heterocycles. The molecule has 2 N–H and O–H groups in total. The Kier molecular flexibility index (Phi) is 3.19. The lowest BCUT2D eigenvalue weighted by Gasteiger charge is -2.05. The number of nitrogens with zero attached hydrogens (tertiary/aromatic N) is 1. The highest BCUT2D eigenvalue weighted by Gasteiger charge is 2.08. The number of nitrogens with one attached hydrogen (secondary N) is 1. The van der Waals surface area contributed by atoms with Gasteiger partial charge >= 0.3 is 5.97 Å². The Balaban J connectivity index is 2.84. The van der Waals surface area contributed by atoms with Crippen molar-refractivity contribution in [2.45, 2.75) is 0 Å². The van der Waals surface area contributed by atoms with Gasteiger partial charge in [0.25, 0.3) is 0 Å². The van der Waals surface area contributed by atoms with E-state index in [1.807, 2.05) is 0 Å². The van der Waals surface area contributed by atoms with Crippen LogP contribution in [0.1, 0.15) is 10.4 Å². The minimum Gasteiger partial charge on any atom is -0.478 e. The summed E-state index contributed by atoms with van der Waals surface area (Å²) in [5, 5.41) is 11.3. The first-order chi connectivity index (χ1) is 6.25. The van der Waals surface area contributed by atoms with Crippen LogP contribution in [0.15, 0.2) is 18.5 Å². The van der Waals surface area contributed by atoms with Gasteiger partial charge in [0.05, 0.1) is 5.69 Å². The molecule has 0 aliphatic rings. The van der Waals surface area contributed by atoms with E-state index in [0.717, 1.165) is 0 Å². The average Bonchev–Trinajstić information content (AvgIpc) is 2.15. The number of aromatic carboxylic acids is 1. The number of aromatic nitrogens is 1. The molecule has 1 heterocycles. The first kappa shape index (κ1) is 9.44. The summed E-state index contributed by atoms with van der Waals surface area (Å²) in [6, 6.07) is 1.50. The van der Waals surface area contributed by atoms with Crippen molar-refractivity contribution in [2.24, 2.45) is 0 Å². The van der Waals surface area contributed by atoms with Gasteiger partial charge in [-0.2, -0.15) is 0 Å². The second-order valence-corrected chi connectivity index (χ2v) is 2.34. The lowest BCUT2D eigenvalue weighted by Crippen LogP contribution is -2.08. The largest absolute Gasteiger partial charge is 0.478 e. The molecule has 1 rings (SSSR count). The van der Waals surface area contributed by atoms with Crippen molar-refractivity contribution in [3.05, 3.63) is 24.0 Å². The molecule has 0 radical (unpaired) electrons. The van der Waals surface area contributed by atoms with Gasteiger partial charge in [-0.25, -0.2) is 9.18 Å². The van der Waals surface area contributed by atoms with Crippen LogP contribution >= 0.6 is 0 Å². The minimum absolute atomic E-state index is 0.0518. The maximum Gasteiger partial charge on any atom is 0.339 e. The van der Waals surface area contributed by atoms with Crippen LogP contribution in [0.5, 0.6) is 0 Å². The van der Waals surface area contributed by atoms with E-state index in [1.165, 1.54) is 18.5 Å². The van der Waals surface area contributed by atoms with Crippen LogP contribution in [0, 0.1) is 0 Å². The van der Waals surface area contributed by atoms with Crippen LogP contribution in [-0.2, 0) is 0 Å². The summed E-state index contributed by atoms with van der Waals surface area (Å²) in [5.74, 6) is -1.07. The molecular weight excluding hydrogens is 175 g/mol. The molecular formula is C8H9FN2O2. The van der Waals surface area contributed by atoms with E-state index in [9.17, 15) is 9.18 Å². The van der Waals surface area contributed by atoms with Gasteiger partial charge in [0.1, 0.15) is 12.2 Å². The van der Waals surface area contributed by atoms with Crippen molar-refractivity contribution in [2.75, 3.05) is 18.5 Å². The standard InChI is InChI=1S/C8H9FN2O2/c9-2-4-11-7-1-3-10-5-6(7)8(12)13/h1,3,5H,2,4H2,(H,10,11)(H,12,13). The van der Waals surface area contributed by atoms with Crippen LogP contribution in [0.3, 0.4) is 0 Å². The number of hydrogen-bond acceptors (Lipinski definition) is 3. The molecule has 0 aliphatic heterocycles. The number of carbonyl (C=O) groups is 1. The predicted molar refractivity (Wildman–Crippen MR) is 45.7 cm³/mol. The molecule has 0 spiro atoms. The zero-order valence-corrected chi connectivity index (χ0v) is 6.83. The number of pyridine rings is 1. The van der Waals surface area contributed by atoms with Gasteiger partial charge in [0, 0.05) is 18.9 Å². The third-order valence-electron chi connectivity index (χ3n) is 1.46. The molecule has 0 fully saturated rings. The molecule has 0 atom stereocenters. The van der Waals surface area contributed by atoms with E-state index in [2.05, 4.69) is 10.3 Å². The van der Waals surface area contributed by atoms with E-state index in [-0.39, 0.29) is 12.1 Å². The molecule has 70 valence electrons. The van der Waals surface area contributed by atoms with E-state index in [4.69, 9.17) is 5.11 Å². The van der Waals surface area contributed by atoms with Crippen LogP contribution < -0.4 is 5.32 Å². The topological polar surface area (TPSA) is 62.2 Å². The van der Waals surface area contributed by atoms with Gasteiger partial charge in [-0.1, -0.05) is 0 Å². The summed E-state index contributed by atoms with van der Waals surface area (Å²) in [4.78, 5) is 14.3. The molecule has 13 heavy (non-hydrogen) atoms. The van der Waals surface area contributed by atoms with Crippen molar-refractivity contribution >= 4 is 11.7 Å². The van der Waals surface area contributed by atoms with Crippen molar-refractivity contribution in [1.29, 1.82) is 0 Å². The van der Waals surface area contributed by atoms with E-state index >= 15 is 0 Å². The van der Waals surface area contributed by atoms with Crippen LogP contribution in [0.2, 0.25) is 0 Å². The zero-order chi connectivity index (χ0) is 9.68. The van der Waals surface area contributed by atoms with Crippen molar-refractivity contribution in [3.8, 4) is 0 Å². The first-order valence-corrected chi connectivity index (χ1v) is 3.73. The number of carboxylic acid groups (broad SMARTS) is 1. The average molecular weight is 184 g/mol. The SMILES string of the molecule is O=C(O)c1cnccc1NCCF. The quantitative estimate of drug-likeness (QED) is 0.737. The summed E-state index contributed by atoms with van der Waals surface area (Å²) in [6.07, 6.45) is 2.68. The van der Waals surface area contributed by atoms with Gasteiger partial charge in [-0.05, 0) is 6.07 Å². The summed E-state index contributed by atoms with van der Waals surface area (Å²) in [5.41, 5.74) is 0.441. The number of carboxylic acids is 1. The molecule has 0 saturated carbocycles. The van der Waals surface area contributed by atoms with Gasteiger partial charge in [-0.15, -0.1) is 0 Å². The fraction of sp³-hybridized carbons (Fsp3) is 0.250. The maximum absolute atomic E-state index is 11.8. The number of rotatable bonds is 4. The molecule has 1 aromatic rings. The number of anilines is 1. The summed E-state index contributed by atoms with van der Waals surface area (Å²) >= 11 is 0. The summed E-state index contributed by atoms with van der Waals surface area (Å²) < 4.78 is 11.8. The highest BCUT2D eigenvalue weighted by Crippen LogP contribution is 2.12. The fourth-order valence-electron chi connectivity index (χ4n) is 0.901. The molecule has 0 saturated heterocycles. The lowest BCUT2D eigenvalue weighted by molar-refractivity contribution is 0.0697. The molecule has 0 unspecified atom stereocenters. The minimum atomic E-state index is -1.07. The Bertz CT molecular complexity index is 304. The Morgan fingerprint density at radius 3 is 3.08 bits per heavy atom. The monoisotopic (exact) mass is 184 g/mol.